The van der Waals surface area contributed by atoms with Gasteiger partial charge in [0.05, 0.1) is 5.69 Å². The minimum absolute atomic E-state index is 0.701. The SMILES string of the molecule is CCC1CCN(c2nc(CNCC(C)C)cs2)C1. The summed E-state index contributed by atoms with van der Waals surface area (Å²) in [6.07, 6.45) is 2.63. The number of rotatable bonds is 6. The molecule has 0 aromatic carbocycles. The lowest BCUT2D eigenvalue weighted by atomic mass is 10.1. The second-order valence-corrected chi connectivity index (χ2v) is 6.49. The molecule has 0 radical (unpaired) electrons. The second kappa shape index (κ2) is 6.53. The zero-order valence-electron chi connectivity index (χ0n) is 11.8. The standard InChI is InChI=1S/C14H25N3S/c1-4-12-5-6-17(9-12)14-16-13(10-18-14)8-15-7-11(2)3/h10-12,15H,4-9H2,1-3H3. The maximum atomic E-state index is 4.74. The summed E-state index contributed by atoms with van der Waals surface area (Å²) < 4.78 is 0. The molecule has 0 amide bonds. The molecule has 1 fully saturated rings. The van der Waals surface area contributed by atoms with Gasteiger partial charge in [0.15, 0.2) is 5.13 Å². The Balaban J connectivity index is 1.83. The molecule has 0 spiro atoms. The van der Waals surface area contributed by atoms with Gasteiger partial charge in [-0.05, 0) is 24.8 Å². The number of hydrogen-bond donors (Lipinski definition) is 1. The molecule has 1 aromatic rings. The van der Waals surface area contributed by atoms with Crippen LogP contribution in [0.25, 0.3) is 0 Å². The van der Waals surface area contributed by atoms with E-state index in [1.165, 1.54) is 36.8 Å². The van der Waals surface area contributed by atoms with E-state index in [1.807, 2.05) is 0 Å². The molecule has 1 N–H and O–H groups in total. The predicted molar refractivity (Wildman–Crippen MR) is 79.3 cm³/mol. The Morgan fingerprint density at radius 3 is 3.06 bits per heavy atom. The highest BCUT2D eigenvalue weighted by Crippen LogP contribution is 2.28. The van der Waals surface area contributed by atoms with Crippen molar-refractivity contribution in [2.24, 2.45) is 11.8 Å². The van der Waals surface area contributed by atoms with Crippen molar-refractivity contribution in [2.45, 2.75) is 40.2 Å². The van der Waals surface area contributed by atoms with Crippen LogP contribution in [-0.2, 0) is 6.54 Å². The number of thiazole rings is 1. The Kier molecular flexibility index (Phi) is 5.01. The largest absolute Gasteiger partial charge is 0.348 e. The lowest BCUT2D eigenvalue weighted by Crippen LogP contribution is -2.21. The molecule has 0 saturated carbocycles. The predicted octanol–water partition coefficient (Wildman–Crippen LogP) is 3.13. The number of aromatic nitrogens is 1. The molecule has 2 heterocycles. The average molecular weight is 267 g/mol. The van der Waals surface area contributed by atoms with E-state index in [1.54, 1.807) is 11.3 Å². The van der Waals surface area contributed by atoms with E-state index < -0.39 is 0 Å². The summed E-state index contributed by atoms with van der Waals surface area (Å²) in [4.78, 5) is 7.19. The van der Waals surface area contributed by atoms with Crippen LogP contribution < -0.4 is 10.2 Å². The minimum atomic E-state index is 0.701. The van der Waals surface area contributed by atoms with E-state index in [4.69, 9.17) is 4.98 Å². The first-order valence-electron chi connectivity index (χ1n) is 7.09. The molecule has 2 rings (SSSR count). The summed E-state index contributed by atoms with van der Waals surface area (Å²) in [5, 5.41) is 6.86. The van der Waals surface area contributed by atoms with Crippen LogP contribution in [0.15, 0.2) is 5.38 Å². The molecule has 1 unspecified atom stereocenters. The Morgan fingerprint density at radius 1 is 1.56 bits per heavy atom. The van der Waals surface area contributed by atoms with Crippen LogP contribution in [0.1, 0.15) is 39.3 Å². The first-order valence-corrected chi connectivity index (χ1v) is 7.97. The van der Waals surface area contributed by atoms with Gasteiger partial charge in [0, 0.05) is 25.0 Å². The van der Waals surface area contributed by atoms with Crippen molar-refractivity contribution < 1.29 is 0 Å². The lowest BCUT2D eigenvalue weighted by molar-refractivity contribution is 0.549. The fourth-order valence-corrected chi connectivity index (χ4v) is 3.21. The zero-order chi connectivity index (χ0) is 13.0. The van der Waals surface area contributed by atoms with Gasteiger partial charge < -0.3 is 10.2 Å². The van der Waals surface area contributed by atoms with E-state index in [0.717, 1.165) is 19.0 Å². The molecule has 0 aliphatic carbocycles. The maximum Gasteiger partial charge on any atom is 0.185 e. The zero-order valence-corrected chi connectivity index (χ0v) is 12.6. The van der Waals surface area contributed by atoms with Crippen LogP contribution in [0, 0.1) is 11.8 Å². The van der Waals surface area contributed by atoms with Crippen molar-refractivity contribution in [1.29, 1.82) is 0 Å². The van der Waals surface area contributed by atoms with Crippen molar-refractivity contribution >= 4 is 16.5 Å². The van der Waals surface area contributed by atoms with Gasteiger partial charge >= 0.3 is 0 Å². The fraction of sp³-hybridized carbons (Fsp3) is 0.786. The summed E-state index contributed by atoms with van der Waals surface area (Å²) in [7, 11) is 0. The van der Waals surface area contributed by atoms with E-state index in [9.17, 15) is 0 Å². The Bertz CT molecular complexity index is 362. The Morgan fingerprint density at radius 2 is 2.39 bits per heavy atom. The number of nitrogens with zero attached hydrogens (tertiary/aromatic N) is 2. The highest BCUT2D eigenvalue weighted by Gasteiger charge is 2.22. The maximum absolute atomic E-state index is 4.74. The Labute approximate surface area is 115 Å². The van der Waals surface area contributed by atoms with Gasteiger partial charge in [-0.25, -0.2) is 4.98 Å². The molecule has 4 heteroatoms. The van der Waals surface area contributed by atoms with Crippen LogP contribution in [0.2, 0.25) is 0 Å². The topological polar surface area (TPSA) is 28.2 Å². The molecule has 102 valence electrons. The van der Waals surface area contributed by atoms with Crippen molar-refractivity contribution in [3.63, 3.8) is 0 Å². The minimum Gasteiger partial charge on any atom is -0.348 e. The van der Waals surface area contributed by atoms with Crippen molar-refractivity contribution in [3.05, 3.63) is 11.1 Å². The van der Waals surface area contributed by atoms with E-state index in [0.29, 0.717) is 5.92 Å². The van der Waals surface area contributed by atoms with Crippen molar-refractivity contribution in [2.75, 3.05) is 24.5 Å². The molecule has 0 bridgehead atoms. The highest BCUT2D eigenvalue weighted by molar-refractivity contribution is 7.13. The fourth-order valence-electron chi connectivity index (χ4n) is 2.35. The quantitative estimate of drug-likeness (QED) is 0.858. The number of anilines is 1. The summed E-state index contributed by atoms with van der Waals surface area (Å²) in [5.74, 6) is 1.57. The van der Waals surface area contributed by atoms with Gasteiger partial charge in [-0.2, -0.15) is 0 Å². The first-order chi connectivity index (χ1) is 8.69. The van der Waals surface area contributed by atoms with Gasteiger partial charge in [0.2, 0.25) is 0 Å². The van der Waals surface area contributed by atoms with E-state index in [2.05, 4.69) is 36.4 Å². The molecular weight excluding hydrogens is 242 g/mol. The van der Waals surface area contributed by atoms with Gasteiger partial charge in [-0.15, -0.1) is 11.3 Å². The third-order valence-corrected chi connectivity index (χ3v) is 4.48. The first kappa shape index (κ1) is 13.8. The highest BCUT2D eigenvalue weighted by atomic mass is 32.1. The molecular formula is C14H25N3S. The van der Waals surface area contributed by atoms with Crippen LogP contribution in [0.5, 0.6) is 0 Å². The molecule has 1 aromatic heterocycles. The summed E-state index contributed by atoms with van der Waals surface area (Å²) in [6, 6.07) is 0. The van der Waals surface area contributed by atoms with Crippen molar-refractivity contribution in [3.8, 4) is 0 Å². The molecule has 1 aliphatic heterocycles. The molecule has 1 aliphatic rings. The molecule has 1 saturated heterocycles. The number of nitrogens with one attached hydrogen (secondary N) is 1. The average Bonchev–Trinajstić information content (AvgIpc) is 2.95. The third-order valence-electron chi connectivity index (χ3n) is 3.53. The van der Waals surface area contributed by atoms with Crippen molar-refractivity contribution in [1.82, 2.24) is 10.3 Å². The molecule has 3 nitrogen and oxygen atoms in total. The van der Waals surface area contributed by atoms with Crippen LogP contribution >= 0.6 is 11.3 Å². The molecule has 18 heavy (non-hydrogen) atoms. The van der Waals surface area contributed by atoms with Crippen LogP contribution in [-0.4, -0.2) is 24.6 Å². The summed E-state index contributed by atoms with van der Waals surface area (Å²) in [5.41, 5.74) is 1.19. The normalized spacial score (nSPS) is 20.0. The van der Waals surface area contributed by atoms with E-state index >= 15 is 0 Å². The smallest absolute Gasteiger partial charge is 0.185 e. The van der Waals surface area contributed by atoms with Gasteiger partial charge in [0.25, 0.3) is 0 Å². The second-order valence-electron chi connectivity index (χ2n) is 5.66. The van der Waals surface area contributed by atoms with Crippen LogP contribution in [0.4, 0.5) is 5.13 Å². The van der Waals surface area contributed by atoms with Gasteiger partial charge in [0.1, 0.15) is 0 Å². The van der Waals surface area contributed by atoms with Crippen LogP contribution in [0.3, 0.4) is 0 Å². The Hall–Kier alpha value is -0.610. The summed E-state index contributed by atoms with van der Waals surface area (Å²) in [6.45, 7) is 11.1. The molecule has 1 atom stereocenters. The summed E-state index contributed by atoms with van der Waals surface area (Å²) >= 11 is 1.79. The van der Waals surface area contributed by atoms with Gasteiger partial charge in [-0.1, -0.05) is 27.2 Å². The monoisotopic (exact) mass is 267 g/mol. The number of hydrogen-bond acceptors (Lipinski definition) is 4. The third kappa shape index (κ3) is 3.69. The van der Waals surface area contributed by atoms with Gasteiger partial charge in [-0.3, -0.25) is 0 Å². The lowest BCUT2D eigenvalue weighted by Gasteiger charge is -2.14. The van der Waals surface area contributed by atoms with E-state index in [-0.39, 0.29) is 0 Å².